The van der Waals surface area contributed by atoms with Crippen LogP contribution in [0.3, 0.4) is 0 Å². The van der Waals surface area contributed by atoms with Gasteiger partial charge in [-0.05, 0) is 25.1 Å². The summed E-state index contributed by atoms with van der Waals surface area (Å²) in [5.74, 6) is 0.957. The number of fused-ring (bicyclic) bond motifs is 1. The lowest BCUT2D eigenvalue weighted by Gasteiger charge is -2.05. The van der Waals surface area contributed by atoms with Gasteiger partial charge >= 0.3 is 0 Å². The maximum Gasteiger partial charge on any atom is 0.122 e. The van der Waals surface area contributed by atoms with Gasteiger partial charge in [0, 0.05) is 29.7 Å². The molecule has 0 bridgehead atoms. The molecule has 1 aromatic carbocycles. The molecule has 82 valence electrons. The third-order valence-electron chi connectivity index (χ3n) is 2.51. The van der Waals surface area contributed by atoms with Crippen molar-refractivity contribution in [2.75, 3.05) is 7.11 Å². The molecule has 0 aliphatic rings. The Morgan fingerprint density at radius 2 is 1.80 bits per heavy atom. The summed E-state index contributed by atoms with van der Waals surface area (Å²) in [7, 11) is 3.76. The summed E-state index contributed by atoms with van der Waals surface area (Å²) >= 11 is 0. The molecule has 15 heavy (non-hydrogen) atoms. The topological polar surface area (TPSA) is 14.2 Å². The second kappa shape index (κ2) is 4.87. The SMILES string of the molecule is CC.COc1ccc2c(ccn2C)c1C. The van der Waals surface area contributed by atoms with Crippen molar-refractivity contribution in [1.82, 2.24) is 4.57 Å². The van der Waals surface area contributed by atoms with Crippen molar-refractivity contribution in [2.24, 2.45) is 7.05 Å². The predicted molar refractivity (Wildman–Crippen MR) is 65.6 cm³/mol. The van der Waals surface area contributed by atoms with E-state index < -0.39 is 0 Å². The van der Waals surface area contributed by atoms with Gasteiger partial charge in [0.25, 0.3) is 0 Å². The number of rotatable bonds is 1. The lowest BCUT2D eigenvalue weighted by atomic mass is 10.1. The fraction of sp³-hybridized carbons (Fsp3) is 0.385. The largest absolute Gasteiger partial charge is 0.496 e. The maximum absolute atomic E-state index is 5.25. The summed E-state index contributed by atoms with van der Waals surface area (Å²) in [4.78, 5) is 0. The van der Waals surface area contributed by atoms with E-state index >= 15 is 0 Å². The number of aryl methyl sites for hydroxylation is 2. The van der Waals surface area contributed by atoms with Crippen LogP contribution in [0.25, 0.3) is 10.9 Å². The molecule has 0 saturated heterocycles. The molecule has 0 radical (unpaired) electrons. The van der Waals surface area contributed by atoms with Crippen LogP contribution in [0.4, 0.5) is 0 Å². The Kier molecular flexibility index (Phi) is 3.78. The van der Waals surface area contributed by atoms with Crippen LogP contribution >= 0.6 is 0 Å². The smallest absolute Gasteiger partial charge is 0.122 e. The molecule has 2 rings (SSSR count). The van der Waals surface area contributed by atoms with Gasteiger partial charge in [0.15, 0.2) is 0 Å². The first kappa shape index (κ1) is 11.6. The molecule has 2 heteroatoms. The summed E-state index contributed by atoms with van der Waals surface area (Å²) < 4.78 is 7.37. The lowest BCUT2D eigenvalue weighted by molar-refractivity contribution is 0.412. The van der Waals surface area contributed by atoms with Crippen LogP contribution in [0.5, 0.6) is 5.75 Å². The lowest BCUT2D eigenvalue weighted by Crippen LogP contribution is -1.89. The van der Waals surface area contributed by atoms with Crippen LogP contribution < -0.4 is 4.74 Å². The molecule has 0 aliphatic carbocycles. The highest BCUT2D eigenvalue weighted by Crippen LogP contribution is 2.27. The number of hydrogen-bond acceptors (Lipinski definition) is 1. The van der Waals surface area contributed by atoms with Gasteiger partial charge in [-0.1, -0.05) is 13.8 Å². The van der Waals surface area contributed by atoms with Crippen molar-refractivity contribution in [3.63, 3.8) is 0 Å². The van der Waals surface area contributed by atoms with E-state index in [0.29, 0.717) is 0 Å². The van der Waals surface area contributed by atoms with Crippen LogP contribution in [-0.4, -0.2) is 11.7 Å². The van der Waals surface area contributed by atoms with Gasteiger partial charge in [-0.15, -0.1) is 0 Å². The average Bonchev–Trinajstić information content (AvgIpc) is 2.65. The zero-order valence-electron chi connectivity index (χ0n) is 10.2. The van der Waals surface area contributed by atoms with Crippen LogP contribution in [0.2, 0.25) is 0 Å². The van der Waals surface area contributed by atoms with Crippen molar-refractivity contribution in [3.05, 3.63) is 30.0 Å². The van der Waals surface area contributed by atoms with Gasteiger partial charge < -0.3 is 9.30 Å². The quantitative estimate of drug-likeness (QED) is 0.694. The minimum absolute atomic E-state index is 0.957. The van der Waals surface area contributed by atoms with Crippen molar-refractivity contribution in [1.29, 1.82) is 0 Å². The summed E-state index contributed by atoms with van der Waals surface area (Å²) in [6, 6.07) is 6.21. The molecular weight excluding hydrogens is 186 g/mol. The fourth-order valence-corrected chi connectivity index (χ4v) is 1.70. The van der Waals surface area contributed by atoms with Gasteiger partial charge in [0.05, 0.1) is 7.11 Å². The summed E-state index contributed by atoms with van der Waals surface area (Å²) in [5, 5.41) is 1.27. The molecule has 0 amide bonds. The standard InChI is InChI=1S/C11H13NO.C2H6/c1-8-9-6-7-12(2)10(9)4-5-11(8)13-3;1-2/h4-7H,1-3H3;1-2H3. The molecular formula is C13H19NO. The van der Waals surface area contributed by atoms with Crippen LogP contribution in [0, 0.1) is 6.92 Å². The van der Waals surface area contributed by atoms with Gasteiger partial charge in [0.2, 0.25) is 0 Å². The van der Waals surface area contributed by atoms with E-state index in [0.717, 1.165) is 5.75 Å². The maximum atomic E-state index is 5.25. The third-order valence-corrected chi connectivity index (χ3v) is 2.51. The van der Waals surface area contributed by atoms with Gasteiger partial charge in [-0.3, -0.25) is 0 Å². The Morgan fingerprint density at radius 1 is 1.13 bits per heavy atom. The first-order valence-electron chi connectivity index (χ1n) is 5.32. The molecule has 0 unspecified atom stereocenters. The molecule has 1 heterocycles. The first-order chi connectivity index (χ1) is 7.24. The molecule has 2 nitrogen and oxygen atoms in total. The van der Waals surface area contributed by atoms with E-state index in [4.69, 9.17) is 4.74 Å². The molecule has 2 aromatic rings. The Hall–Kier alpha value is -1.44. The molecule has 0 N–H and O–H groups in total. The van der Waals surface area contributed by atoms with E-state index in [2.05, 4.69) is 29.8 Å². The van der Waals surface area contributed by atoms with Crippen molar-refractivity contribution in [2.45, 2.75) is 20.8 Å². The van der Waals surface area contributed by atoms with Gasteiger partial charge in [-0.2, -0.15) is 0 Å². The molecule has 1 aromatic heterocycles. The zero-order chi connectivity index (χ0) is 11.4. The van der Waals surface area contributed by atoms with Crippen LogP contribution in [0.15, 0.2) is 24.4 Å². The van der Waals surface area contributed by atoms with Crippen molar-refractivity contribution < 1.29 is 4.74 Å². The Balaban J connectivity index is 0.000000531. The number of ether oxygens (including phenoxy) is 1. The highest BCUT2D eigenvalue weighted by atomic mass is 16.5. The zero-order valence-corrected chi connectivity index (χ0v) is 10.2. The normalized spacial score (nSPS) is 9.67. The minimum atomic E-state index is 0.957. The highest BCUT2D eigenvalue weighted by Gasteiger charge is 2.04. The molecule has 0 atom stereocenters. The van der Waals surface area contributed by atoms with E-state index in [9.17, 15) is 0 Å². The molecule has 0 fully saturated rings. The molecule has 0 saturated carbocycles. The summed E-state index contributed by atoms with van der Waals surface area (Å²) in [6.07, 6.45) is 2.07. The second-order valence-electron chi connectivity index (χ2n) is 3.25. The predicted octanol–water partition coefficient (Wildman–Crippen LogP) is 3.52. The minimum Gasteiger partial charge on any atom is -0.496 e. The van der Waals surface area contributed by atoms with Crippen molar-refractivity contribution >= 4 is 10.9 Å². The first-order valence-corrected chi connectivity index (χ1v) is 5.32. The number of nitrogens with zero attached hydrogens (tertiary/aromatic N) is 1. The van der Waals surface area contributed by atoms with Crippen LogP contribution in [-0.2, 0) is 7.05 Å². The fourth-order valence-electron chi connectivity index (χ4n) is 1.70. The third kappa shape index (κ3) is 1.99. The van der Waals surface area contributed by atoms with Gasteiger partial charge in [-0.25, -0.2) is 0 Å². The average molecular weight is 205 g/mol. The number of methoxy groups -OCH3 is 1. The number of aromatic nitrogens is 1. The Labute approximate surface area is 91.5 Å². The monoisotopic (exact) mass is 205 g/mol. The molecule has 0 aliphatic heterocycles. The van der Waals surface area contributed by atoms with E-state index in [-0.39, 0.29) is 0 Å². The van der Waals surface area contributed by atoms with Crippen LogP contribution in [0.1, 0.15) is 19.4 Å². The summed E-state index contributed by atoms with van der Waals surface area (Å²) in [6.45, 7) is 6.08. The van der Waals surface area contributed by atoms with Gasteiger partial charge in [0.1, 0.15) is 5.75 Å². The van der Waals surface area contributed by atoms with Crippen molar-refractivity contribution in [3.8, 4) is 5.75 Å². The molecule has 0 spiro atoms. The second-order valence-corrected chi connectivity index (χ2v) is 3.25. The summed E-state index contributed by atoms with van der Waals surface area (Å²) in [5.41, 5.74) is 2.46. The highest BCUT2D eigenvalue weighted by molar-refractivity contribution is 5.85. The van der Waals surface area contributed by atoms with E-state index in [1.165, 1.54) is 16.5 Å². The Morgan fingerprint density at radius 3 is 2.40 bits per heavy atom. The number of benzene rings is 1. The van der Waals surface area contributed by atoms with E-state index in [1.54, 1.807) is 7.11 Å². The van der Waals surface area contributed by atoms with E-state index in [1.807, 2.05) is 27.0 Å². The Bertz CT molecular complexity index is 443. The number of hydrogen-bond donors (Lipinski definition) is 0.